The van der Waals surface area contributed by atoms with Gasteiger partial charge in [0, 0.05) is 6.61 Å². The Morgan fingerprint density at radius 2 is 1.75 bits per heavy atom. The van der Waals surface area contributed by atoms with E-state index in [4.69, 9.17) is 9.47 Å². The minimum absolute atomic E-state index is 0.0371. The summed E-state index contributed by atoms with van der Waals surface area (Å²) in [4.78, 5) is 0. The summed E-state index contributed by atoms with van der Waals surface area (Å²) in [5, 5.41) is 0. The summed E-state index contributed by atoms with van der Waals surface area (Å²) in [6.07, 6.45) is 1.92. The van der Waals surface area contributed by atoms with E-state index < -0.39 is 0 Å². The second-order valence-corrected chi connectivity index (χ2v) is 3.94. The van der Waals surface area contributed by atoms with Crippen LogP contribution in [0, 0.1) is 0 Å². The van der Waals surface area contributed by atoms with Gasteiger partial charge in [-0.25, -0.2) is 0 Å². The molecule has 1 atom stereocenters. The largest absolute Gasteiger partial charge is 0.353 e. The molecule has 0 heterocycles. The third kappa shape index (κ3) is 6.62. The van der Waals surface area contributed by atoms with Crippen LogP contribution in [0.1, 0.15) is 47.5 Å². The molecule has 0 amide bonds. The zero-order chi connectivity index (χ0) is 9.61. The van der Waals surface area contributed by atoms with Gasteiger partial charge in [0.15, 0.2) is 6.29 Å². The summed E-state index contributed by atoms with van der Waals surface area (Å²) in [5.74, 6) is 0. The molecular formula is C10H22O2. The van der Waals surface area contributed by atoms with Crippen LogP contribution in [-0.2, 0) is 9.47 Å². The second kappa shape index (κ2) is 5.55. The minimum Gasteiger partial charge on any atom is -0.353 e. The fraction of sp³-hybridized carbons (Fsp3) is 1.00. The Morgan fingerprint density at radius 3 is 2.08 bits per heavy atom. The van der Waals surface area contributed by atoms with Gasteiger partial charge in [-0.3, -0.25) is 0 Å². The van der Waals surface area contributed by atoms with Gasteiger partial charge in [0.2, 0.25) is 0 Å². The molecule has 0 spiro atoms. The second-order valence-electron chi connectivity index (χ2n) is 3.94. The van der Waals surface area contributed by atoms with Gasteiger partial charge in [0.05, 0.1) is 5.60 Å². The number of rotatable bonds is 5. The van der Waals surface area contributed by atoms with E-state index >= 15 is 0 Å². The Balaban J connectivity index is 3.67. The molecule has 0 aromatic heterocycles. The first-order valence-electron chi connectivity index (χ1n) is 4.79. The van der Waals surface area contributed by atoms with Gasteiger partial charge in [-0.1, -0.05) is 13.8 Å². The van der Waals surface area contributed by atoms with E-state index in [1.54, 1.807) is 0 Å². The van der Waals surface area contributed by atoms with Crippen LogP contribution < -0.4 is 0 Å². The molecule has 0 saturated heterocycles. The molecule has 0 rings (SSSR count). The van der Waals surface area contributed by atoms with Crippen molar-refractivity contribution in [3.63, 3.8) is 0 Å². The van der Waals surface area contributed by atoms with E-state index in [9.17, 15) is 0 Å². The summed E-state index contributed by atoms with van der Waals surface area (Å²) < 4.78 is 11.2. The van der Waals surface area contributed by atoms with Crippen molar-refractivity contribution in [1.29, 1.82) is 0 Å². The topological polar surface area (TPSA) is 18.5 Å². The van der Waals surface area contributed by atoms with Crippen molar-refractivity contribution >= 4 is 0 Å². The maximum absolute atomic E-state index is 5.67. The molecule has 0 aliphatic carbocycles. The first kappa shape index (κ1) is 11.9. The van der Waals surface area contributed by atoms with E-state index in [2.05, 4.69) is 13.8 Å². The molecule has 0 radical (unpaired) electrons. The van der Waals surface area contributed by atoms with Gasteiger partial charge < -0.3 is 9.47 Å². The van der Waals surface area contributed by atoms with E-state index in [0.717, 1.165) is 19.4 Å². The quantitative estimate of drug-likeness (QED) is 0.596. The Bertz CT molecular complexity index is 105. The minimum atomic E-state index is -0.103. The molecule has 0 bridgehead atoms. The van der Waals surface area contributed by atoms with E-state index in [0.29, 0.717) is 0 Å². The average molecular weight is 174 g/mol. The lowest BCUT2D eigenvalue weighted by Gasteiger charge is -2.26. The van der Waals surface area contributed by atoms with Gasteiger partial charge in [-0.15, -0.1) is 0 Å². The first-order valence-corrected chi connectivity index (χ1v) is 4.79. The molecule has 12 heavy (non-hydrogen) atoms. The number of hydrogen-bond acceptors (Lipinski definition) is 2. The third-order valence-electron chi connectivity index (χ3n) is 1.33. The van der Waals surface area contributed by atoms with Crippen molar-refractivity contribution in [2.24, 2.45) is 0 Å². The summed E-state index contributed by atoms with van der Waals surface area (Å²) in [7, 11) is 0. The summed E-state index contributed by atoms with van der Waals surface area (Å²) in [6, 6.07) is 0. The molecule has 0 aliphatic rings. The SMILES string of the molecule is CCCOC(CC)OC(C)(C)C. The van der Waals surface area contributed by atoms with E-state index in [-0.39, 0.29) is 11.9 Å². The fourth-order valence-corrected chi connectivity index (χ4v) is 0.879. The van der Waals surface area contributed by atoms with Crippen LogP contribution >= 0.6 is 0 Å². The van der Waals surface area contributed by atoms with Crippen LogP contribution in [0.2, 0.25) is 0 Å². The average Bonchev–Trinajstić information content (AvgIpc) is 1.95. The number of ether oxygens (including phenoxy) is 2. The zero-order valence-corrected chi connectivity index (χ0v) is 9.02. The van der Waals surface area contributed by atoms with Crippen LogP contribution in [0.25, 0.3) is 0 Å². The molecule has 2 nitrogen and oxygen atoms in total. The molecule has 2 heteroatoms. The number of hydrogen-bond donors (Lipinski definition) is 0. The van der Waals surface area contributed by atoms with Crippen molar-refractivity contribution < 1.29 is 9.47 Å². The Labute approximate surface area is 76.3 Å². The van der Waals surface area contributed by atoms with E-state index in [1.807, 2.05) is 20.8 Å². The molecule has 0 aliphatic heterocycles. The van der Waals surface area contributed by atoms with Crippen LogP contribution in [0.3, 0.4) is 0 Å². The van der Waals surface area contributed by atoms with Crippen molar-refractivity contribution in [1.82, 2.24) is 0 Å². The molecule has 0 saturated carbocycles. The molecular weight excluding hydrogens is 152 g/mol. The molecule has 0 aromatic carbocycles. The van der Waals surface area contributed by atoms with Crippen LogP contribution in [0.5, 0.6) is 0 Å². The van der Waals surface area contributed by atoms with Crippen LogP contribution in [0.15, 0.2) is 0 Å². The smallest absolute Gasteiger partial charge is 0.158 e. The molecule has 0 aromatic rings. The highest BCUT2D eigenvalue weighted by Gasteiger charge is 2.17. The Morgan fingerprint density at radius 1 is 1.17 bits per heavy atom. The maximum Gasteiger partial charge on any atom is 0.158 e. The van der Waals surface area contributed by atoms with Gasteiger partial charge in [-0.05, 0) is 33.6 Å². The maximum atomic E-state index is 5.67. The Kier molecular flexibility index (Phi) is 5.51. The highest BCUT2D eigenvalue weighted by molar-refractivity contribution is 4.60. The zero-order valence-electron chi connectivity index (χ0n) is 9.02. The highest BCUT2D eigenvalue weighted by atomic mass is 16.7. The van der Waals surface area contributed by atoms with Gasteiger partial charge in [-0.2, -0.15) is 0 Å². The monoisotopic (exact) mass is 174 g/mol. The van der Waals surface area contributed by atoms with Gasteiger partial charge in [0.1, 0.15) is 0 Å². The molecule has 1 unspecified atom stereocenters. The van der Waals surface area contributed by atoms with Crippen molar-refractivity contribution in [2.45, 2.75) is 59.4 Å². The summed E-state index contributed by atoms with van der Waals surface area (Å²) >= 11 is 0. The third-order valence-corrected chi connectivity index (χ3v) is 1.33. The lowest BCUT2D eigenvalue weighted by Crippen LogP contribution is -2.29. The summed E-state index contributed by atoms with van der Waals surface area (Å²) in [6.45, 7) is 11.1. The predicted octanol–water partition coefficient (Wildman–Crippen LogP) is 2.96. The van der Waals surface area contributed by atoms with Crippen molar-refractivity contribution in [3.8, 4) is 0 Å². The molecule has 0 fully saturated rings. The lowest BCUT2D eigenvalue weighted by atomic mass is 10.2. The fourth-order valence-electron chi connectivity index (χ4n) is 0.879. The van der Waals surface area contributed by atoms with Crippen molar-refractivity contribution in [2.75, 3.05) is 6.61 Å². The highest BCUT2D eigenvalue weighted by Crippen LogP contribution is 2.13. The predicted molar refractivity (Wildman–Crippen MR) is 51.2 cm³/mol. The Hall–Kier alpha value is -0.0800. The lowest BCUT2D eigenvalue weighted by molar-refractivity contribution is -0.195. The first-order chi connectivity index (χ1) is 5.49. The molecule has 74 valence electrons. The van der Waals surface area contributed by atoms with Crippen LogP contribution in [-0.4, -0.2) is 18.5 Å². The molecule has 0 N–H and O–H groups in total. The van der Waals surface area contributed by atoms with Gasteiger partial charge >= 0.3 is 0 Å². The standard InChI is InChI=1S/C10H22O2/c1-6-8-11-9(7-2)12-10(3,4)5/h9H,6-8H2,1-5H3. The normalized spacial score (nSPS) is 14.8. The van der Waals surface area contributed by atoms with E-state index in [1.165, 1.54) is 0 Å². The summed E-state index contributed by atoms with van der Waals surface area (Å²) in [5.41, 5.74) is -0.103. The van der Waals surface area contributed by atoms with Gasteiger partial charge in [0.25, 0.3) is 0 Å². The van der Waals surface area contributed by atoms with Crippen molar-refractivity contribution in [3.05, 3.63) is 0 Å². The van der Waals surface area contributed by atoms with Crippen LogP contribution in [0.4, 0.5) is 0 Å².